The standard InChI is InChI=1S/C22H24N2O6/c1-7-17-20(22(26)30-13(4)5)19(15-9-8-10-16(11-15)24(27)28)18(14(6)23-17)21(25)29-12(2)3/h1,8-13,19,23H,2-6H3. The molecule has 30 heavy (non-hydrogen) atoms. The normalized spacial score (nSPS) is 16.3. The second-order valence-corrected chi connectivity index (χ2v) is 7.29. The first-order valence-corrected chi connectivity index (χ1v) is 9.41. The highest BCUT2D eigenvalue weighted by Gasteiger charge is 2.39. The molecule has 1 unspecified atom stereocenters. The van der Waals surface area contributed by atoms with Crippen molar-refractivity contribution in [2.75, 3.05) is 0 Å². The summed E-state index contributed by atoms with van der Waals surface area (Å²) in [6, 6.07) is 5.71. The van der Waals surface area contributed by atoms with Crippen molar-refractivity contribution in [3.8, 4) is 12.3 Å². The predicted molar refractivity (Wildman–Crippen MR) is 110 cm³/mol. The molecule has 1 aromatic carbocycles. The number of hydrogen-bond acceptors (Lipinski definition) is 7. The van der Waals surface area contributed by atoms with Gasteiger partial charge in [0.15, 0.2) is 0 Å². The molecule has 0 saturated carbocycles. The molecule has 0 radical (unpaired) electrons. The zero-order chi connectivity index (χ0) is 22.6. The quantitative estimate of drug-likeness (QED) is 0.330. The summed E-state index contributed by atoms with van der Waals surface area (Å²) in [5.74, 6) is 0.0591. The topological polar surface area (TPSA) is 108 Å². The third-order valence-electron chi connectivity index (χ3n) is 4.25. The number of ether oxygens (including phenoxy) is 2. The van der Waals surface area contributed by atoms with Crippen LogP contribution < -0.4 is 5.32 Å². The molecule has 1 N–H and O–H groups in total. The third-order valence-corrected chi connectivity index (χ3v) is 4.25. The highest BCUT2D eigenvalue weighted by atomic mass is 16.6. The van der Waals surface area contributed by atoms with Crippen LogP contribution in [0.2, 0.25) is 0 Å². The van der Waals surface area contributed by atoms with Crippen molar-refractivity contribution >= 4 is 17.6 Å². The lowest BCUT2D eigenvalue weighted by molar-refractivity contribution is -0.384. The first kappa shape index (κ1) is 22.7. The Morgan fingerprint density at radius 1 is 1.13 bits per heavy atom. The molecule has 0 aromatic heterocycles. The van der Waals surface area contributed by atoms with Crippen LogP contribution in [0.15, 0.2) is 46.8 Å². The molecular formula is C22H24N2O6. The summed E-state index contributed by atoms with van der Waals surface area (Å²) in [4.78, 5) is 36.6. The fraction of sp³-hybridized carbons (Fsp3) is 0.364. The van der Waals surface area contributed by atoms with Gasteiger partial charge in [0.05, 0.1) is 34.2 Å². The number of nitrogens with one attached hydrogen (secondary N) is 1. The van der Waals surface area contributed by atoms with E-state index in [0.717, 1.165) is 0 Å². The van der Waals surface area contributed by atoms with Gasteiger partial charge >= 0.3 is 11.9 Å². The van der Waals surface area contributed by atoms with Gasteiger partial charge in [0.25, 0.3) is 5.69 Å². The van der Waals surface area contributed by atoms with Gasteiger partial charge in [-0.3, -0.25) is 10.1 Å². The van der Waals surface area contributed by atoms with Crippen molar-refractivity contribution in [3.05, 3.63) is 62.5 Å². The first-order valence-electron chi connectivity index (χ1n) is 9.41. The number of nitro benzene ring substituents is 1. The van der Waals surface area contributed by atoms with E-state index in [0.29, 0.717) is 11.3 Å². The predicted octanol–water partition coefficient (Wildman–Crippen LogP) is 3.35. The van der Waals surface area contributed by atoms with E-state index in [2.05, 4.69) is 11.2 Å². The molecule has 1 aromatic rings. The van der Waals surface area contributed by atoms with Gasteiger partial charge in [-0.2, -0.15) is 0 Å². The van der Waals surface area contributed by atoms with Crippen LogP contribution >= 0.6 is 0 Å². The maximum atomic E-state index is 13.0. The second-order valence-electron chi connectivity index (χ2n) is 7.29. The number of hydrogen-bond donors (Lipinski definition) is 1. The van der Waals surface area contributed by atoms with Gasteiger partial charge in [0, 0.05) is 17.8 Å². The Hall–Kier alpha value is -3.60. The second kappa shape index (κ2) is 9.27. The fourth-order valence-electron chi connectivity index (χ4n) is 3.14. The van der Waals surface area contributed by atoms with Crippen molar-refractivity contribution in [2.45, 2.75) is 52.7 Å². The average molecular weight is 412 g/mol. The van der Waals surface area contributed by atoms with Gasteiger partial charge in [-0.15, -0.1) is 6.42 Å². The Labute approximate surface area is 175 Å². The molecule has 8 heteroatoms. The van der Waals surface area contributed by atoms with Crippen LogP contribution in [0.25, 0.3) is 0 Å². The Bertz CT molecular complexity index is 982. The summed E-state index contributed by atoms with van der Waals surface area (Å²) in [7, 11) is 0. The van der Waals surface area contributed by atoms with E-state index in [4.69, 9.17) is 15.9 Å². The van der Waals surface area contributed by atoms with Crippen molar-refractivity contribution in [1.82, 2.24) is 5.32 Å². The maximum absolute atomic E-state index is 13.0. The van der Waals surface area contributed by atoms with Gasteiger partial charge in [-0.05, 0) is 40.2 Å². The Morgan fingerprint density at radius 3 is 2.20 bits per heavy atom. The van der Waals surface area contributed by atoms with Gasteiger partial charge in [0.2, 0.25) is 0 Å². The van der Waals surface area contributed by atoms with Crippen LogP contribution in [-0.2, 0) is 19.1 Å². The number of dihydropyridines is 1. The molecule has 1 aliphatic heterocycles. The Morgan fingerprint density at radius 2 is 1.70 bits per heavy atom. The van der Waals surface area contributed by atoms with Crippen molar-refractivity contribution in [2.24, 2.45) is 0 Å². The number of allylic oxidation sites excluding steroid dienone is 2. The van der Waals surface area contributed by atoms with Crippen LogP contribution in [-0.4, -0.2) is 29.1 Å². The molecule has 0 aliphatic carbocycles. The number of rotatable bonds is 6. The van der Waals surface area contributed by atoms with Crippen LogP contribution in [0.3, 0.4) is 0 Å². The molecule has 1 aliphatic rings. The van der Waals surface area contributed by atoms with E-state index in [9.17, 15) is 19.7 Å². The minimum absolute atomic E-state index is 0.0213. The van der Waals surface area contributed by atoms with Crippen LogP contribution in [0.4, 0.5) is 5.69 Å². The lowest BCUT2D eigenvalue weighted by Gasteiger charge is -2.30. The van der Waals surface area contributed by atoms with E-state index < -0.39 is 35.0 Å². The third kappa shape index (κ3) is 4.87. The molecule has 0 saturated heterocycles. The molecule has 2 rings (SSSR count). The van der Waals surface area contributed by atoms with Crippen molar-refractivity contribution < 1.29 is 24.0 Å². The molecule has 8 nitrogen and oxygen atoms in total. The molecule has 158 valence electrons. The Kier molecular flexibility index (Phi) is 7.01. The van der Waals surface area contributed by atoms with E-state index >= 15 is 0 Å². The van der Waals surface area contributed by atoms with Gasteiger partial charge in [-0.1, -0.05) is 18.1 Å². The molecule has 0 bridgehead atoms. The number of non-ortho nitro benzene ring substituents is 1. The number of esters is 2. The SMILES string of the molecule is C#CC1=C(C(=O)OC(C)C)C(c2cccc([N+](=O)[O-])c2)C(C(=O)OC(C)C)=C(C)N1. The minimum atomic E-state index is -0.991. The van der Waals surface area contributed by atoms with Crippen LogP contribution in [0.1, 0.15) is 46.1 Å². The van der Waals surface area contributed by atoms with E-state index in [1.807, 2.05) is 0 Å². The number of benzene rings is 1. The van der Waals surface area contributed by atoms with E-state index in [-0.39, 0.29) is 22.5 Å². The number of terminal acetylenes is 1. The van der Waals surface area contributed by atoms with E-state index in [1.54, 1.807) is 40.7 Å². The van der Waals surface area contributed by atoms with E-state index in [1.165, 1.54) is 18.2 Å². The largest absolute Gasteiger partial charge is 0.460 e. The lowest BCUT2D eigenvalue weighted by atomic mass is 9.80. The fourth-order valence-corrected chi connectivity index (χ4v) is 3.14. The summed E-state index contributed by atoms with van der Waals surface area (Å²) in [5.41, 5.74) is 0.858. The zero-order valence-corrected chi connectivity index (χ0v) is 17.5. The monoisotopic (exact) mass is 412 g/mol. The highest BCUT2D eigenvalue weighted by Crippen LogP contribution is 2.40. The summed E-state index contributed by atoms with van der Waals surface area (Å²) in [5, 5.41) is 14.2. The zero-order valence-electron chi connectivity index (χ0n) is 17.5. The number of carbonyl (C=O) groups is 2. The minimum Gasteiger partial charge on any atom is -0.460 e. The summed E-state index contributed by atoms with van der Waals surface area (Å²) >= 11 is 0. The molecule has 1 heterocycles. The summed E-state index contributed by atoms with van der Waals surface area (Å²) in [6.07, 6.45) is 4.77. The molecule has 1 atom stereocenters. The van der Waals surface area contributed by atoms with Crippen molar-refractivity contribution in [3.63, 3.8) is 0 Å². The lowest BCUT2D eigenvalue weighted by Crippen LogP contribution is -2.34. The highest BCUT2D eigenvalue weighted by molar-refractivity contribution is 6.00. The van der Waals surface area contributed by atoms with Gasteiger partial charge < -0.3 is 14.8 Å². The molecular weight excluding hydrogens is 388 g/mol. The molecule has 0 amide bonds. The van der Waals surface area contributed by atoms with Gasteiger partial charge in [-0.25, -0.2) is 9.59 Å². The number of nitrogens with zero attached hydrogens (tertiary/aromatic N) is 1. The number of nitro groups is 1. The molecule has 0 spiro atoms. The smallest absolute Gasteiger partial charge is 0.338 e. The van der Waals surface area contributed by atoms with Crippen molar-refractivity contribution in [1.29, 1.82) is 0 Å². The summed E-state index contributed by atoms with van der Waals surface area (Å²) in [6.45, 7) is 8.39. The number of carbonyl (C=O) groups excluding carboxylic acids is 2. The van der Waals surface area contributed by atoms with Gasteiger partial charge in [0.1, 0.15) is 5.70 Å². The first-order chi connectivity index (χ1) is 14.1. The van der Waals surface area contributed by atoms with Crippen LogP contribution in [0.5, 0.6) is 0 Å². The summed E-state index contributed by atoms with van der Waals surface area (Å²) < 4.78 is 10.7. The molecule has 0 fully saturated rings. The van der Waals surface area contributed by atoms with Crippen LogP contribution in [0, 0.1) is 22.5 Å². The Balaban J connectivity index is 2.75. The maximum Gasteiger partial charge on any atom is 0.338 e. The average Bonchev–Trinajstić information content (AvgIpc) is 2.65.